The number of carbonyl (C=O) groups is 1. The van der Waals surface area contributed by atoms with Gasteiger partial charge in [0.15, 0.2) is 0 Å². The summed E-state index contributed by atoms with van der Waals surface area (Å²) >= 11 is 1.33. The molecule has 1 aliphatic heterocycles. The SMILES string of the molecule is C=C(C)c1cc(N)cc(-c2nn3c(N4CCN(C(=O)OC(C)(C)C)CC4)cc(=O)nc3s2)c1. The number of amides is 1. The second kappa shape index (κ2) is 8.51. The number of rotatable bonds is 3. The number of fused-ring (bicyclic) bond motifs is 1. The quantitative estimate of drug-likeness (QED) is 0.587. The predicted octanol–water partition coefficient (Wildman–Crippen LogP) is 3.49. The van der Waals surface area contributed by atoms with E-state index in [1.807, 2.05) is 50.8 Å². The van der Waals surface area contributed by atoms with Gasteiger partial charge in [-0.05, 0) is 51.5 Å². The van der Waals surface area contributed by atoms with Gasteiger partial charge in [0, 0.05) is 43.5 Å². The van der Waals surface area contributed by atoms with Gasteiger partial charge in [-0.3, -0.25) is 4.79 Å². The summed E-state index contributed by atoms with van der Waals surface area (Å²) in [5.41, 5.74) is 8.52. The third-order valence-electron chi connectivity index (χ3n) is 5.19. The van der Waals surface area contributed by atoms with Crippen LogP contribution in [0.25, 0.3) is 21.1 Å². The lowest BCUT2D eigenvalue weighted by Gasteiger charge is -2.36. The summed E-state index contributed by atoms with van der Waals surface area (Å²) in [4.78, 5) is 33.1. The molecule has 174 valence electrons. The molecule has 2 aromatic heterocycles. The molecule has 33 heavy (non-hydrogen) atoms. The number of benzene rings is 1. The summed E-state index contributed by atoms with van der Waals surface area (Å²) in [5.74, 6) is 0.653. The summed E-state index contributed by atoms with van der Waals surface area (Å²) in [5, 5.41) is 5.45. The largest absolute Gasteiger partial charge is 0.444 e. The van der Waals surface area contributed by atoms with Crippen molar-refractivity contribution in [1.29, 1.82) is 0 Å². The fourth-order valence-corrected chi connectivity index (χ4v) is 4.50. The van der Waals surface area contributed by atoms with Crippen LogP contribution in [0.1, 0.15) is 33.3 Å². The van der Waals surface area contributed by atoms with Crippen molar-refractivity contribution in [3.05, 3.63) is 46.8 Å². The van der Waals surface area contributed by atoms with Crippen LogP contribution in [0.3, 0.4) is 0 Å². The van der Waals surface area contributed by atoms with E-state index in [0.717, 1.165) is 16.7 Å². The molecule has 1 aliphatic rings. The maximum absolute atomic E-state index is 12.4. The number of allylic oxidation sites excluding steroid dienone is 1. The zero-order valence-corrected chi connectivity index (χ0v) is 20.1. The summed E-state index contributed by atoms with van der Waals surface area (Å²) in [7, 11) is 0. The first-order chi connectivity index (χ1) is 15.5. The Labute approximate surface area is 196 Å². The maximum Gasteiger partial charge on any atom is 0.410 e. The second-order valence-corrected chi connectivity index (χ2v) is 10.1. The molecule has 9 nitrogen and oxygen atoms in total. The average molecular weight is 469 g/mol. The molecule has 0 aliphatic carbocycles. The van der Waals surface area contributed by atoms with Crippen LogP contribution in [0.15, 0.2) is 35.6 Å². The Hall–Kier alpha value is -3.40. The predicted molar refractivity (Wildman–Crippen MR) is 132 cm³/mol. The second-order valence-electron chi connectivity index (χ2n) is 9.13. The average Bonchev–Trinajstić information content (AvgIpc) is 3.15. The van der Waals surface area contributed by atoms with Crippen molar-refractivity contribution >= 4 is 39.5 Å². The van der Waals surface area contributed by atoms with Crippen LogP contribution in [0.5, 0.6) is 0 Å². The fraction of sp³-hybridized carbons (Fsp3) is 0.391. The number of nitrogens with two attached hydrogens (primary N) is 1. The summed E-state index contributed by atoms with van der Waals surface area (Å²) < 4.78 is 7.16. The van der Waals surface area contributed by atoms with Crippen LogP contribution in [0.2, 0.25) is 0 Å². The number of hydrogen-bond donors (Lipinski definition) is 1. The Morgan fingerprint density at radius 3 is 2.48 bits per heavy atom. The van der Waals surface area contributed by atoms with E-state index in [1.54, 1.807) is 9.42 Å². The highest BCUT2D eigenvalue weighted by molar-refractivity contribution is 7.19. The molecule has 4 rings (SSSR count). The highest BCUT2D eigenvalue weighted by Crippen LogP contribution is 2.31. The van der Waals surface area contributed by atoms with Crippen molar-refractivity contribution in [1.82, 2.24) is 19.5 Å². The van der Waals surface area contributed by atoms with E-state index in [2.05, 4.69) is 11.6 Å². The highest BCUT2D eigenvalue weighted by Gasteiger charge is 2.27. The number of nitrogen functional groups attached to an aromatic ring is 1. The Morgan fingerprint density at radius 1 is 1.15 bits per heavy atom. The Bertz CT molecular complexity index is 1280. The molecule has 0 spiro atoms. The fourth-order valence-electron chi connectivity index (χ4n) is 3.61. The van der Waals surface area contributed by atoms with Gasteiger partial charge in [-0.2, -0.15) is 14.6 Å². The topological polar surface area (TPSA) is 106 Å². The van der Waals surface area contributed by atoms with Crippen molar-refractivity contribution in [3.8, 4) is 10.6 Å². The lowest BCUT2D eigenvalue weighted by atomic mass is 10.0. The monoisotopic (exact) mass is 468 g/mol. The first-order valence-corrected chi connectivity index (χ1v) is 11.5. The van der Waals surface area contributed by atoms with E-state index >= 15 is 0 Å². The first-order valence-electron chi connectivity index (χ1n) is 10.7. The highest BCUT2D eigenvalue weighted by atomic mass is 32.1. The van der Waals surface area contributed by atoms with Crippen LogP contribution < -0.4 is 16.2 Å². The van der Waals surface area contributed by atoms with E-state index in [-0.39, 0.29) is 11.7 Å². The standard InChI is InChI=1S/C23H28N6O3S/c1-14(2)15-10-16(12-17(24)11-15)20-26-29-19(13-18(30)25-21(29)33-20)27-6-8-28(9-7-27)22(31)32-23(3,4)5/h10-13H,1,6-9,24H2,2-5H3. The minimum Gasteiger partial charge on any atom is -0.444 e. The number of anilines is 2. The molecule has 10 heteroatoms. The van der Waals surface area contributed by atoms with Gasteiger partial charge in [-0.1, -0.05) is 23.5 Å². The third-order valence-corrected chi connectivity index (χ3v) is 6.14. The number of carbonyl (C=O) groups excluding carboxylic acids is 1. The van der Waals surface area contributed by atoms with Crippen LogP contribution in [-0.2, 0) is 4.74 Å². The van der Waals surface area contributed by atoms with Gasteiger partial charge in [0.1, 0.15) is 16.4 Å². The Kier molecular flexibility index (Phi) is 5.87. The maximum atomic E-state index is 12.4. The Balaban J connectivity index is 1.63. The van der Waals surface area contributed by atoms with Gasteiger partial charge < -0.3 is 20.3 Å². The molecule has 0 unspecified atom stereocenters. The molecule has 1 amide bonds. The number of piperazine rings is 1. The molecular weight excluding hydrogens is 440 g/mol. The molecule has 1 fully saturated rings. The van der Waals surface area contributed by atoms with Crippen LogP contribution >= 0.6 is 11.3 Å². The molecule has 3 heterocycles. The molecule has 1 saturated heterocycles. The molecule has 1 aromatic carbocycles. The molecule has 0 bridgehead atoms. The first kappa shape index (κ1) is 22.8. The van der Waals surface area contributed by atoms with Crippen molar-refractivity contribution in [2.75, 3.05) is 36.8 Å². The van der Waals surface area contributed by atoms with E-state index < -0.39 is 5.60 Å². The van der Waals surface area contributed by atoms with Gasteiger partial charge in [0.2, 0.25) is 4.96 Å². The molecular formula is C23H28N6O3S. The molecule has 2 N–H and O–H groups in total. The normalized spacial score (nSPS) is 14.5. The lowest BCUT2D eigenvalue weighted by molar-refractivity contribution is 0.0240. The van der Waals surface area contributed by atoms with E-state index in [9.17, 15) is 9.59 Å². The van der Waals surface area contributed by atoms with Gasteiger partial charge in [0.05, 0.1) is 0 Å². The van der Waals surface area contributed by atoms with E-state index in [1.165, 1.54) is 17.4 Å². The van der Waals surface area contributed by atoms with E-state index in [0.29, 0.717) is 47.7 Å². The zero-order valence-electron chi connectivity index (χ0n) is 19.3. The lowest BCUT2D eigenvalue weighted by Crippen LogP contribution is -2.50. The smallest absolute Gasteiger partial charge is 0.410 e. The van der Waals surface area contributed by atoms with Crippen molar-refractivity contribution in [2.45, 2.75) is 33.3 Å². The number of aromatic nitrogens is 3. The molecule has 0 saturated carbocycles. The van der Waals surface area contributed by atoms with Gasteiger partial charge in [-0.15, -0.1) is 0 Å². The zero-order chi connectivity index (χ0) is 23.9. The number of hydrogen-bond acceptors (Lipinski definition) is 8. The third kappa shape index (κ3) is 5.00. The van der Waals surface area contributed by atoms with Gasteiger partial charge >= 0.3 is 6.09 Å². The van der Waals surface area contributed by atoms with Crippen LogP contribution in [0.4, 0.5) is 16.3 Å². The molecule has 3 aromatic rings. The summed E-state index contributed by atoms with van der Waals surface area (Å²) in [6.45, 7) is 13.5. The van der Waals surface area contributed by atoms with Gasteiger partial charge in [-0.25, -0.2) is 4.79 Å². The minimum atomic E-state index is -0.541. The van der Waals surface area contributed by atoms with Crippen LogP contribution in [-0.4, -0.2) is 57.4 Å². The molecule has 0 radical (unpaired) electrons. The van der Waals surface area contributed by atoms with Crippen molar-refractivity contribution < 1.29 is 9.53 Å². The number of nitrogens with zero attached hydrogens (tertiary/aromatic N) is 5. The van der Waals surface area contributed by atoms with Crippen molar-refractivity contribution in [2.24, 2.45) is 0 Å². The van der Waals surface area contributed by atoms with Gasteiger partial charge in [0.25, 0.3) is 5.56 Å². The minimum absolute atomic E-state index is 0.329. The van der Waals surface area contributed by atoms with E-state index in [4.69, 9.17) is 15.6 Å². The number of ether oxygens (including phenoxy) is 1. The Morgan fingerprint density at radius 2 is 1.85 bits per heavy atom. The summed E-state index contributed by atoms with van der Waals surface area (Å²) in [6, 6.07) is 7.19. The summed E-state index contributed by atoms with van der Waals surface area (Å²) in [6.07, 6.45) is -0.329. The molecule has 0 atom stereocenters. The van der Waals surface area contributed by atoms with Crippen molar-refractivity contribution in [3.63, 3.8) is 0 Å². The van der Waals surface area contributed by atoms with Crippen LogP contribution in [0, 0.1) is 0 Å².